The number of carbonyl (C=O) groups is 2. The number of hydrogen-bond acceptors (Lipinski definition) is 4. The largest absolute Gasteiger partial charge is 0.377 e. The molecule has 2 bridgehead atoms. The zero-order valence-electron chi connectivity index (χ0n) is 17.9. The SMILES string of the molecule is CN(C)c1cccc2c(CNCN3C(=O)C4C5C=CC(C6C=CC65)C4C3=O)cccc12. The lowest BCUT2D eigenvalue weighted by atomic mass is 9.50. The molecule has 2 aromatic carbocycles. The Labute approximate surface area is 182 Å². The molecule has 0 spiro atoms. The number of allylic oxidation sites excluding steroid dienone is 4. The predicted octanol–water partition coefficient (Wildman–Crippen LogP) is 3.17. The van der Waals surface area contributed by atoms with Crippen LogP contribution in [-0.2, 0) is 16.1 Å². The van der Waals surface area contributed by atoms with Crippen LogP contribution in [0.3, 0.4) is 0 Å². The van der Waals surface area contributed by atoms with E-state index in [9.17, 15) is 9.59 Å². The standard InChI is InChI=1S/C26H27N3O2/c1-28(2)22-8-4-6-16-15(5-3-7-19(16)22)13-27-14-29-25(30)23-20-11-12-21(24(23)26(29)31)18-10-9-17(18)20/h3-12,17-18,20-21,23-24,27H,13-14H2,1-2H3. The molecule has 7 rings (SSSR count). The molecule has 1 aliphatic heterocycles. The molecule has 31 heavy (non-hydrogen) atoms. The van der Waals surface area contributed by atoms with E-state index in [0.29, 0.717) is 18.4 Å². The van der Waals surface area contributed by atoms with Crippen molar-refractivity contribution in [3.63, 3.8) is 0 Å². The van der Waals surface area contributed by atoms with Crippen molar-refractivity contribution in [3.05, 3.63) is 66.3 Å². The summed E-state index contributed by atoms with van der Waals surface area (Å²) in [5.41, 5.74) is 2.35. The topological polar surface area (TPSA) is 52.6 Å². The van der Waals surface area contributed by atoms with Gasteiger partial charge in [-0.15, -0.1) is 0 Å². The molecule has 6 unspecified atom stereocenters. The Morgan fingerprint density at radius 1 is 0.806 bits per heavy atom. The maximum Gasteiger partial charge on any atom is 0.234 e. The van der Waals surface area contributed by atoms with Crippen LogP contribution in [0.1, 0.15) is 5.56 Å². The predicted molar refractivity (Wildman–Crippen MR) is 121 cm³/mol. The van der Waals surface area contributed by atoms with Gasteiger partial charge in [-0.1, -0.05) is 54.6 Å². The first kappa shape index (κ1) is 18.8. The van der Waals surface area contributed by atoms with Gasteiger partial charge < -0.3 is 4.90 Å². The average Bonchev–Trinajstić information content (AvgIpc) is 2.99. The van der Waals surface area contributed by atoms with Gasteiger partial charge >= 0.3 is 0 Å². The van der Waals surface area contributed by atoms with Crippen LogP contribution in [0.25, 0.3) is 10.8 Å². The molecule has 5 aliphatic rings. The van der Waals surface area contributed by atoms with E-state index in [1.807, 2.05) is 14.1 Å². The highest BCUT2D eigenvalue weighted by Gasteiger charge is 2.62. The van der Waals surface area contributed by atoms with Crippen LogP contribution in [0.15, 0.2) is 60.7 Å². The smallest absolute Gasteiger partial charge is 0.234 e. The van der Waals surface area contributed by atoms with Crippen molar-refractivity contribution >= 4 is 28.3 Å². The molecule has 1 N–H and O–H groups in total. The lowest BCUT2D eigenvalue weighted by molar-refractivity contribution is -0.140. The Bertz CT molecular complexity index is 1110. The summed E-state index contributed by atoms with van der Waals surface area (Å²) in [5.74, 6) is 0.946. The van der Waals surface area contributed by atoms with Gasteiger partial charge in [-0.25, -0.2) is 0 Å². The maximum absolute atomic E-state index is 13.2. The highest BCUT2D eigenvalue weighted by atomic mass is 16.2. The first-order valence-corrected chi connectivity index (χ1v) is 11.2. The highest BCUT2D eigenvalue weighted by molar-refractivity contribution is 6.06. The minimum atomic E-state index is -0.171. The van der Waals surface area contributed by atoms with Crippen LogP contribution >= 0.6 is 0 Å². The summed E-state index contributed by atoms with van der Waals surface area (Å²) in [7, 11) is 4.10. The normalized spacial score (nSPS) is 32.4. The maximum atomic E-state index is 13.2. The van der Waals surface area contributed by atoms with Crippen molar-refractivity contribution < 1.29 is 9.59 Å². The van der Waals surface area contributed by atoms with Gasteiger partial charge in [0.15, 0.2) is 0 Å². The number of anilines is 1. The average molecular weight is 414 g/mol. The minimum absolute atomic E-state index is 0.00779. The van der Waals surface area contributed by atoms with Crippen molar-refractivity contribution in [1.82, 2.24) is 10.2 Å². The van der Waals surface area contributed by atoms with E-state index in [0.717, 1.165) is 0 Å². The Hall–Kier alpha value is -2.92. The lowest BCUT2D eigenvalue weighted by Crippen LogP contribution is -2.50. The quantitative estimate of drug-likeness (QED) is 0.604. The van der Waals surface area contributed by atoms with Gasteiger partial charge in [0.2, 0.25) is 11.8 Å². The zero-order valence-corrected chi connectivity index (χ0v) is 17.9. The monoisotopic (exact) mass is 413 g/mol. The number of nitrogens with one attached hydrogen (secondary N) is 1. The molecule has 2 aromatic rings. The van der Waals surface area contributed by atoms with Gasteiger partial charge in [-0.05, 0) is 40.7 Å². The second-order valence-electron chi connectivity index (χ2n) is 9.50. The summed E-state index contributed by atoms with van der Waals surface area (Å²) < 4.78 is 0. The van der Waals surface area contributed by atoms with Gasteiger partial charge in [0, 0.05) is 31.7 Å². The number of amides is 2. The highest BCUT2D eigenvalue weighted by Crippen LogP contribution is 2.58. The van der Waals surface area contributed by atoms with Crippen molar-refractivity contribution in [1.29, 1.82) is 0 Å². The Balaban J connectivity index is 1.20. The summed E-state index contributed by atoms with van der Waals surface area (Å²) in [4.78, 5) is 30.0. The fraction of sp³-hybridized carbons (Fsp3) is 0.385. The molecule has 1 saturated carbocycles. The van der Waals surface area contributed by atoms with Crippen molar-refractivity contribution in [2.75, 3.05) is 25.7 Å². The second-order valence-corrected chi connectivity index (χ2v) is 9.50. The van der Waals surface area contributed by atoms with Crippen LogP contribution in [0.2, 0.25) is 0 Å². The van der Waals surface area contributed by atoms with E-state index in [1.54, 1.807) is 0 Å². The van der Waals surface area contributed by atoms with Crippen LogP contribution in [0.4, 0.5) is 5.69 Å². The van der Waals surface area contributed by atoms with Crippen molar-refractivity contribution in [3.8, 4) is 0 Å². The molecular formula is C26H27N3O2. The third-order valence-electron chi connectivity index (χ3n) is 7.82. The summed E-state index contributed by atoms with van der Waals surface area (Å²) >= 11 is 0. The molecule has 2 fully saturated rings. The fourth-order valence-corrected chi connectivity index (χ4v) is 6.31. The van der Waals surface area contributed by atoms with E-state index >= 15 is 0 Å². The lowest BCUT2D eigenvalue weighted by Gasteiger charge is -2.51. The number of rotatable bonds is 5. The number of likely N-dealkylation sites (tertiary alicyclic amines) is 1. The zero-order chi connectivity index (χ0) is 21.3. The number of nitrogens with zero attached hydrogens (tertiary/aromatic N) is 2. The fourth-order valence-electron chi connectivity index (χ4n) is 6.31. The number of hydrogen-bond donors (Lipinski definition) is 1. The summed E-state index contributed by atoms with van der Waals surface area (Å²) in [6.45, 7) is 0.884. The minimum Gasteiger partial charge on any atom is -0.377 e. The molecule has 5 heteroatoms. The summed E-state index contributed by atoms with van der Waals surface area (Å²) in [6.07, 6.45) is 8.83. The number of benzene rings is 2. The third-order valence-corrected chi connectivity index (χ3v) is 7.82. The Morgan fingerprint density at radius 3 is 2.00 bits per heavy atom. The molecule has 0 radical (unpaired) electrons. The molecule has 158 valence electrons. The second kappa shape index (κ2) is 6.79. The molecule has 4 aliphatic carbocycles. The molecule has 5 nitrogen and oxygen atoms in total. The molecule has 6 atom stereocenters. The molecule has 1 heterocycles. The molecule has 2 amide bonds. The van der Waals surface area contributed by atoms with Gasteiger partial charge in [0.25, 0.3) is 0 Å². The van der Waals surface area contributed by atoms with E-state index in [1.165, 1.54) is 26.9 Å². The Morgan fingerprint density at radius 2 is 1.39 bits per heavy atom. The third kappa shape index (κ3) is 2.59. The van der Waals surface area contributed by atoms with Crippen LogP contribution in [0.5, 0.6) is 0 Å². The van der Waals surface area contributed by atoms with Crippen LogP contribution in [-0.4, -0.2) is 37.5 Å². The summed E-state index contributed by atoms with van der Waals surface area (Å²) in [6, 6.07) is 12.6. The molecule has 1 saturated heterocycles. The van der Waals surface area contributed by atoms with Crippen molar-refractivity contribution in [2.24, 2.45) is 35.5 Å². The van der Waals surface area contributed by atoms with E-state index in [-0.39, 0.29) is 42.2 Å². The van der Waals surface area contributed by atoms with Crippen LogP contribution in [0, 0.1) is 35.5 Å². The van der Waals surface area contributed by atoms with Gasteiger partial charge in [-0.2, -0.15) is 0 Å². The van der Waals surface area contributed by atoms with E-state index in [2.05, 4.69) is 70.9 Å². The first-order valence-electron chi connectivity index (χ1n) is 11.2. The number of imide groups is 1. The van der Waals surface area contributed by atoms with Gasteiger partial charge in [-0.3, -0.25) is 19.8 Å². The van der Waals surface area contributed by atoms with Gasteiger partial charge in [0.05, 0.1) is 18.5 Å². The molecule has 0 aromatic heterocycles. The van der Waals surface area contributed by atoms with E-state index < -0.39 is 0 Å². The summed E-state index contributed by atoms with van der Waals surface area (Å²) in [5, 5.41) is 5.78. The van der Waals surface area contributed by atoms with Crippen molar-refractivity contribution in [2.45, 2.75) is 6.54 Å². The van der Waals surface area contributed by atoms with Gasteiger partial charge in [0.1, 0.15) is 0 Å². The number of fused-ring (bicyclic) bond motifs is 1. The number of carbonyl (C=O) groups excluding carboxylic acids is 2. The Kier molecular flexibility index (Phi) is 4.12. The first-order chi connectivity index (χ1) is 15.1. The van der Waals surface area contributed by atoms with Crippen LogP contribution < -0.4 is 10.2 Å². The molecular weight excluding hydrogens is 386 g/mol. The van der Waals surface area contributed by atoms with E-state index in [4.69, 9.17) is 0 Å².